The minimum Gasteiger partial charge on any atom is -0.489 e. The SMILES string of the molecule is CN(C)c1cc(COc2cccc(CNC(=O)C3CCCN3S(=O)(=O)c3cc4cc(F)ccc4o3)c2)ccn1. The molecule has 1 saturated heterocycles. The van der Waals surface area contributed by atoms with Crippen LogP contribution in [-0.4, -0.2) is 50.3 Å². The molecule has 0 spiro atoms. The summed E-state index contributed by atoms with van der Waals surface area (Å²) in [5.41, 5.74) is 2.06. The molecule has 1 fully saturated rings. The number of nitrogens with one attached hydrogen (secondary N) is 1. The van der Waals surface area contributed by atoms with Crippen molar-refractivity contribution in [3.8, 4) is 5.75 Å². The van der Waals surface area contributed by atoms with Crippen LogP contribution in [0.4, 0.5) is 10.2 Å². The first-order chi connectivity index (χ1) is 18.7. The lowest BCUT2D eigenvalue weighted by Crippen LogP contribution is -2.45. The third kappa shape index (κ3) is 5.89. The standard InChI is InChI=1S/C28H29FN4O5S/c1-32(2)26-14-20(10-11-30-26)18-37-23-6-3-5-19(13-23)17-31-28(34)24-7-4-12-33(24)39(35,36)27-16-21-15-22(29)8-9-25(21)38-27/h3,5-6,8-11,13-16,24H,4,7,12,17-18H2,1-2H3,(H,31,34). The molecule has 11 heteroatoms. The van der Waals surface area contributed by atoms with Gasteiger partial charge in [-0.3, -0.25) is 4.79 Å². The first-order valence-electron chi connectivity index (χ1n) is 12.5. The molecule has 3 heterocycles. The van der Waals surface area contributed by atoms with Crippen molar-refractivity contribution < 1.29 is 26.8 Å². The van der Waals surface area contributed by atoms with E-state index in [9.17, 15) is 17.6 Å². The highest BCUT2D eigenvalue weighted by molar-refractivity contribution is 7.89. The van der Waals surface area contributed by atoms with Crippen LogP contribution in [0.15, 0.2) is 76.4 Å². The van der Waals surface area contributed by atoms with Crippen LogP contribution < -0.4 is 15.0 Å². The number of carbonyl (C=O) groups is 1. The Balaban J connectivity index is 1.22. The Kier molecular flexibility index (Phi) is 7.53. The van der Waals surface area contributed by atoms with Gasteiger partial charge < -0.3 is 19.4 Å². The van der Waals surface area contributed by atoms with E-state index in [0.717, 1.165) is 21.2 Å². The molecular weight excluding hydrogens is 523 g/mol. The molecule has 1 aliphatic rings. The summed E-state index contributed by atoms with van der Waals surface area (Å²) >= 11 is 0. The number of nitrogens with zero attached hydrogens (tertiary/aromatic N) is 3. The summed E-state index contributed by atoms with van der Waals surface area (Å²) in [5, 5.41) is 2.89. The van der Waals surface area contributed by atoms with Crippen molar-refractivity contribution in [2.75, 3.05) is 25.5 Å². The number of pyridine rings is 1. The zero-order valence-corrected chi connectivity index (χ0v) is 22.4. The van der Waals surface area contributed by atoms with Gasteiger partial charge in [0.05, 0.1) is 0 Å². The second-order valence-electron chi connectivity index (χ2n) is 9.59. The van der Waals surface area contributed by atoms with Gasteiger partial charge in [0.15, 0.2) is 0 Å². The lowest BCUT2D eigenvalue weighted by Gasteiger charge is -2.22. The Morgan fingerprint density at radius 2 is 2.00 bits per heavy atom. The highest BCUT2D eigenvalue weighted by Gasteiger charge is 2.41. The average Bonchev–Trinajstić information content (AvgIpc) is 3.59. The molecule has 204 valence electrons. The molecule has 1 N–H and O–H groups in total. The number of benzene rings is 2. The Labute approximate surface area is 226 Å². The predicted octanol–water partition coefficient (Wildman–Crippen LogP) is 4.08. The van der Waals surface area contributed by atoms with E-state index >= 15 is 0 Å². The van der Waals surface area contributed by atoms with Gasteiger partial charge in [0.25, 0.3) is 10.0 Å². The largest absolute Gasteiger partial charge is 0.489 e. The van der Waals surface area contributed by atoms with E-state index in [1.807, 2.05) is 55.4 Å². The zero-order valence-electron chi connectivity index (χ0n) is 21.6. The van der Waals surface area contributed by atoms with Gasteiger partial charge in [0.2, 0.25) is 11.0 Å². The Morgan fingerprint density at radius 1 is 1.15 bits per heavy atom. The van der Waals surface area contributed by atoms with Gasteiger partial charge in [0.1, 0.15) is 35.6 Å². The summed E-state index contributed by atoms with van der Waals surface area (Å²) in [5.74, 6) is 0.606. The van der Waals surface area contributed by atoms with E-state index in [-0.39, 0.29) is 23.8 Å². The van der Waals surface area contributed by atoms with Gasteiger partial charge in [-0.05, 0) is 66.4 Å². The third-order valence-corrected chi connectivity index (χ3v) is 8.33. The van der Waals surface area contributed by atoms with Crippen LogP contribution in [0, 0.1) is 5.82 Å². The van der Waals surface area contributed by atoms with E-state index in [0.29, 0.717) is 30.6 Å². The fourth-order valence-electron chi connectivity index (χ4n) is 4.54. The van der Waals surface area contributed by atoms with Crippen LogP contribution in [0.5, 0.6) is 5.75 Å². The van der Waals surface area contributed by atoms with Crippen molar-refractivity contribution in [3.05, 3.63) is 83.8 Å². The summed E-state index contributed by atoms with van der Waals surface area (Å²) < 4.78 is 52.8. The Bertz CT molecular complexity index is 1600. The number of ether oxygens (including phenoxy) is 1. The molecule has 0 bridgehead atoms. The number of rotatable bonds is 9. The molecule has 2 aromatic heterocycles. The monoisotopic (exact) mass is 552 g/mol. The molecule has 9 nitrogen and oxygen atoms in total. The summed E-state index contributed by atoms with van der Waals surface area (Å²) in [4.78, 5) is 19.3. The molecule has 0 aliphatic carbocycles. The molecule has 1 amide bonds. The van der Waals surface area contributed by atoms with E-state index < -0.39 is 27.8 Å². The molecule has 39 heavy (non-hydrogen) atoms. The van der Waals surface area contributed by atoms with Gasteiger partial charge in [0, 0.05) is 44.8 Å². The molecule has 4 aromatic rings. The predicted molar refractivity (Wildman–Crippen MR) is 144 cm³/mol. The molecule has 0 radical (unpaired) electrons. The van der Waals surface area contributed by atoms with Crippen molar-refractivity contribution in [2.45, 2.75) is 37.1 Å². The van der Waals surface area contributed by atoms with Crippen molar-refractivity contribution in [3.63, 3.8) is 0 Å². The fraction of sp³-hybridized carbons (Fsp3) is 0.286. The summed E-state index contributed by atoms with van der Waals surface area (Å²) in [6, 6.07) is 15.4. The number of fused-ring (bicyclic) bond motifs is 1. The summed E-state index contributed by atoms with van der Waals surface area (Å²) in [7, 11) is -0.238. The smallest absolute Gasteiger partial charge is 0.277 e. The van der Waals surface area contributed by atoms with E-state index in [1.165, 1.54) is 24.3 Å². The molecule has 0 saturated carbocycles. The normalized spacial score (nSPS) is 15.9. The topological polar surface area (TPSA) is 105 Å². The number of amides is 1. The highest BCUT2D eigenvalue weighted by Crippen LogP contribution is 2.30. The number of hydrogen-bond acceptors (Lipinski definition) is 7. The van der Waals surface area contributed by atoms with Crippen LogP contribution in [0.1, 0.15) is 24.0 Å². The minimum absolute atomic E-state index is 0.194. The second kappa shape index (κ2) is 11.0. The van der Waals surface area contributed by atoms with Crippen molar-refractivity contribution in [1.29, 1.82) is 0 Å². The lowest BCUT2D eigenvalue weighted by molar-refractivity contribution is -0.124. The fourth-order valence-corrected chi connectivity index (χ4v) is 6.14. The number of hydrogen-bond donors (Lipinski definition) is 1. The first-order valence-corrected chi connectivity index (χ1v) is 14.0. The third-order valence-electron chi connectivity index (χ3n) is 6.56. The first kappa shape index (κ1) is 26.6. The lowest BCUT2D eigenvalue weighted by atomic mass is 10.2. The van der Waals surface area contributed by atoms with Crippen LogP contribution in [0.3, 0.4) is 0 Å². The van der Waals surface area contributed by atoms with E-state index in [4.69, 9.17) is 9.15 Å². The molecule has 1 aliphatic heterocycles. The number of aromatic nitrogens is 1. The number of carbonyl (C=O) groups excluding carboxylic acids is 1. The number of furan rings is 1. The second-order valence-corrected chi connectivity index (χ2v) is 11.4. The van der Waals surface area contributed by atoms with E-state index in [2.05, 4.69) is 10.3 Å². The molecule has 2 aromatic carbocycles. The Morgan fingerprint density at radius 3 is 2.82 bits per heavy atom. The van der Waals surface area contributed by atoms with Crippen LogP contribution in [0.2, 0.25) is 0 Å². The van der Waals surface area contributed by atoms with Crippen LogP contribution >= 0.6 is 0 Å². The van der Waals surface area contributed by atoms with Crippen LogP contribution in [-0.2, 0) is 28.0 Å². The summed E-state index contributed by atoms with van der Waals surface area (Å²) in [6.45, 7) is 0.770. The van der Waals surface area contributed by atoms with Gasteiger partial charge in [-0.25, -0.2) is 17.8 Å². The molecular formula is C28H29FN4O5S. The molecule has 1 atom stereocenters. The van der Waals surface area contributed by atoms with Crippen LogP contribution in [0.25, 0.3) is 11.0 Å². The average molecular weight is 553 g/mol. The van der Waals surface area contributed by atoms with Crippen molar-refractivity contribution in [2.24, 2.45) is 0 Å². The maximum Gasteiger partial charge on any atom is 0.277 e. The highest BCUT2D eigenvalue weighted by atomic mass is 32.2. The van der Waals surface area contributed by atoms with Gasteiger partial charge >= 0.3 is 0 Å². The maximum atomic E-state index is 13.6. The molecule has 1 unspecified atom stereocenters. The van der Waals surface area contributed by atoms with Gasteiger partial charge in [-0.2, -0.15) is 4.31 Å². The maximum absolute atomic E-state index is 13.6. The van der Waals surface area contributed by atoms with Crippen molar-refractivity contribution >= 4 is 32.7 Å². The number of sulfonamides is 1. The minimum atomic E-state index is -4.08. The van der Waals surface area contributed by atoms with Crippen molar-refractivity contribution in [1.82, 2.24) is 14.6 Å². The zero-order chi connectivity index (χ0) is 27.6. The quantitative estimate of drug-likeness (QED) is 0.334. The number of halogens is 1. The Hall–Kier alpha value is -3.96. The number of anilines is 1. The van der Waals surface area contributed by atoms with E-state index in [1.54, 1.807) is 6.20 Å². The molecule has 5 rings (SSSR count). The summed E-state index contributed by atoms with van der Waals surface area (Å²) in [6.07, 6.45) is 2.67. The van der Waals surface area contributed by atoms with Gasteiger partial charge in [-0.15, -0.1) is 0 Å². The van der Waals surface area contributed by atoms with Gasteiger partial charge in [-0.1, -0.05) is 12.1 Å².